The number of rotatable bonds is 12. The van der Waals surface area contributed by atoms with Gasteiger partial charge in [0.25, 0.3) is 0 Å². The summed E-state index contributed by atoms with van der Waals surface area (Å²) in [6, 6.07) is 35.7. The van der Waals surface area contributed by atoms with E-state index in [0.717, 1.165) is 16.9 Å². The lowest BCUT2D eigenvalue weighted by atomic mass is 9.81. The van der Waals surface area contributed by atoms with Gasteiger partial charge >= 0.3 is 7.60 Å². The Bertz CT molecular complexity index is 1300. The molecule has 0 aliphatic carbocycles. The highest BCUT2D eigenvalue weighted by atomic mass is 31.2. The van der Waals surface area contributed by atoms with Crippen molar-refractivity contribution in [3.8, 4) is 5.75 Å². The van der Waals surface area contributed by atoms with Crippen LogP contribution in [0.15, 0.2) is 103 Å². The highest BCUT2D eigenvalue weighted by Gasteiger charge is 2.24. The topological polar surface area (TPSA) is 76.0 Å². The van der Waals surface area contributed by atoms with Crippen LogP contribution < -0.4 is 4.74 Å². The Hall–Kier alpha value is -3.21. The van der Waals surface area contributed by atoms with Crippen molar-refractivity contribution >= 4 is 7.60 Å². The molecule has 4 aromatic rings. The van der Waals surface area contributed by atoms with Crippen LogP contribution >= 0.6 is 7.60 Å². The van der Waals surface area contributed by atoms with E-state index in [-0.39, 0.29) is 31.0 Å². The highest BCUT2D eigenvalue weighted by Crippen LogP contribution is 2.43. The van der Waals surface area contributed by atoms with E-state index in [2.05, 4.69) is 81.4 Å². The second kappa shape index (κ2) is 13.2. The van der Waals surface area contributed by atoms with Crippen molar-refractivity contribution < 1.29 is 23.8 Å². The summed E-state index contributed by atoms with van der Waals surface area (Å²) in [4.78, 5) is 18.3. The van der Waals surface area contributed by atoms with E-state index in [4.69, 9.17) is 19.3 Å². The molecule has 0 saturated heterocycles. The second-order valence-electron chi connectivity index (χ2n) is 9.98. The number of ether oxygens (including phenoxy) is 2. The largest absolute Gasteiger partial charge is 0.491 e. The average Bonchev–Trinajstić information content (AvgIpc) is 2.96. The van der Waals surface area contributed by atoms with Gasteiger partial charge in [0.05, 0.1) is 6.61 Å². The van der Waals surface area contributed by atoms with Gasteiger partial charge in [-0.2, -0.15) is 0 Å². The van der Waals surface area contributed by atoms with Gasteiger partial charge in [0, 0.05) is 28.9 Å². The molecular formula is C33H37O5P. The van der Waals surface area contributed by atoms with Crippen LogP contribution in [0.5, 0.6) is 5.75 Å². The predicted molar refractivity (Wildman–Crippen MR) is 157 cm³/mol. The fraction of sp³-hybridized carbons (Fsp3) is 0.273. The van der Waals surface area contributed by atoms with Crippen LogP contribution in [0.3, 0.4) is 0 Å². The fourth-order valence-corrected chi connectivity index (χ4v) is 5.29. The standard InChI is InChI=1S/C33H37O5P/c1-24(27-13-7-4-8-14-27)30-21-31(25(2)28-15-9-5-10-16-28)33(38-20-19-37-23-39(34,35)36)32(22-30)26(3)29-17-11-6-12-18-29/h4-18,21-22,24-26H,19-20,23H2,1-3H3,(H2,34,35,36). The molecule has 0 aliphatic rings. The lowest BCUT2D eigenvalue weighted by Crippen LogP contribution is -2.14. The SMILES string of the molecule is CC(c1ccccc1)c1cc(C(C)c2ccccc2)c(OCCOCP(=O)(O)O)c(C(C)c2ccccc2)c1. The van der Waals surface area contributed by atoms with E-state index >= 15 is 0 Å². The third-order valence-electron chi connectivity index (χ3n) is 7.23. The normalized spacial score (nSPS) is 14.0. The Morgan fingerprint density at radius 2 is 1.03 bits per heavy atom. The van der Waals surface area contributed by atoms with Crippen LogP contribution in [0.1, 0.15) is 71.9 Å². The molecule has 3 unspecified atom stereocenters. The van der Waals surface area contributed by atoms with E-state index < -0.39 is 13.9 Å². The van der Waals surface area contributed by atoms with Crippen molar-refractivity contribution in [3.63, 3.8) is 0 Å². The van der Waals surface area contributed by atoms with Crippen LogP contribution in [0.4, 0.5) is 0 Å². The highest BCUT2D eigenvalue weighted by molar-refractivity contribution is 7.51. The lowest BCUT2D eigenvalue weighted by molar-refractivity contribution is 0.118. The van der Waals surface area contributed by atoms with Gasteiger partial charge in [0.1, 0.15) is 18.7 Å². The molecule has 0 aliphatic heterocycles. The molecule has 0 bridgehead atoms. The van der Waals surface area contributed by atoms with Gasteiger partial charge in [-0.1, -0.05) is 124 Å². The number of benzene rings is 4. The fourth-order valence-electron chi connectivity index (χ4n) is 4.92. The van der Waals surface area contributed by atoms with Gasteiger partial charge in [-0.25, -0.2) is 0 Å². The molecule has 3 atom stereocenters. The molecular weight excluding hydrogens is 507 g/mol. The third kappa shape index (κ3) is 7.68. The molecule has 204 valence electrons. The molecule has 2 N–H and O–H groups in total. The summed E-state index contributed by atoms with van der Waals surface area (Å²) in [6.45, 7) is 6.86. The molecule has 0 saturated carbocycles. The molecule has 0 radical (unpaired) electrons. The first-order chi connectivity index (χ1) is 18.7. The Morgan fingerprint density at radius 1 is 0.615 bits per heavy atom. The van der Waals surface area contributed by atoms with E-state index in [9.17, 15) is 4.57 Å². The average molecular weight is 545 g/mol. The summed E-state index contributed by atoms with van der Waals surface area (Å²) < 4.78 is 22.9. The third-order valence-corrected chi connectivity index (χ3v) is 7.75. The molecule has 6 heteroatoms. The van der Waals surface area contributed by atoms with Gasteiger partial charge < -0.3 is 19.3 Å². The van der Waals surface area contributed by atoms with Crippen molar-refractivity contribution in [2.24, 2.45) is 0 Å². The first-order valence-corrected chi connectivity index (χ1v) is 15.1. The monoisotopic (exact) mass is 544 g/mol. The maximum Gasteiger partial charge on any atom is 0.350 e. The Morgan fingerprint density at radius 3 is 1.44 bits per heavy atom. The zero-order valence-electron chi connectivity index (χ0n) is 22.7. The van der Waals surface area contributed by atoms with Crippen LogP contribution in [0.2, 0.25) is 0 Å². The maximum atomic E-state index is 11.2. The van der Waals surface area contributed by atoms with Crippen molar-refractivity contribution in [1.82, 2.24) is 0 Å². The van der Waals surface area contributed by atoms with E-state index in [0.29, 0.717) is 0 Å². The van der Waals surface area contributed by atoms with Crippen molar-refractivity contribution in [1.29, 1.82) is 0 Å². The first-order valence-electron chi connectivity index (χ1n) is 13.3. The summed E-state index contributed by atoms with van der Waals surface area (Å²) in [7, 11) is -4.23. The zero-order valence-corrected chi connectivity index (χ0v) is 23.6. The molecule has 5 nitrogen and oxygen atoms in total. The molecule has 0 spiro atoms. The summed E-state index contributed by atoms with van der Waals surface area (Å²) in [5.74, 6) is 1.09. The minimum atomic E-state index is -4.23. The Labute approximate surface area is 231 Å². The lowest BCUT2D eigenvalue weighted by Gasteiger charge is -2.26. The van der Waals surface area contributed by atoms with Gasteiger partial charge in [0.15, 0.2) is 0 Å². The van der Waals surface area contributed by atoms with Gasteiger partial charge in [-0.15, -0.1) is 0 Å². The minimum absolute atomic E-state index is 0.0573. The van der Waals surface area contributed by atoms with Crippen LogP contribution in [0.25, 0.3) is 0 Å². The van der Waals surface area contributed by atoms with Crippen LogP contribution in [0, 0.1) is 0 Å². The van der Waals surface area contributed by atoms with Gasteiger partial charge in [0.2, 0.25) is 0 Å². The number of hydrogen-bond acceptors (Lipinski definition) is 3. The number of hydrogen-bond donors (Lipinski definition) is 2. The Kier molecular flexibility index (Phi) is 9.77. The van der Waals surface area contributed by atoms with Crippen molar-refractivity contribution in [2.45, 2.75) is 38.5 Å². The summed E-state index contributed by atoms with van der Waals surface area (Å²) >= 11 is 0. The predicted octanol–water partition coefficient (Wildman–Crippen LogP) is 7.67. The quantitative estimate of drug-likeness (QED) is 0.141. The van der Waals surface area contributed by atoms with Gasteiger partial charge in [-0.3, -0.25) is 4.57 Å². The molecule has 0 fully saturated rings. The summed E-state index contributed by atoms with van der Waals surface area (Å²) in [6.07, 6.45) is -0.621. The molecule has 4 rings (SSSR count). The van der Waals surface area contributed by atoms with Crippen molar-refractivity contribution in [3.05, 3.63) is 137 Å². The second-order valence-corrected chi connectivity index (χ2v) is 11.6. The summed E-state index contributed by atoms with van der Waals surface area (Å²) in [5, 5.41) is 0. The smallest absolute Gasteiger partial charge is 0.350 e. The molecule has 0 amide bonds. The van der Waals surface area contributed by atoms with E-state index in [1.54, 1.807) is 0 Å². The van der Waals surface area contributed by atoms with E-state index in [1.807, 2.05) is 42.5 Å². The first kappa shape index (κ1) is 28.8. The van der Waals surface area contributed by atoms with Crippen molar-refractivity contribution in [2.75, 3.05) is 19.6 Å². The zero-order chi connectivity index (χ0) is 27.8. The van der Waals surface area contributed by atoms with Crippen LogP contribution in [-0.4, -0.2) is 29.3 Å². The Balaban J connectivity index is 1.81. The van der Waals surface area contributed by atoms with Gasteiger partial charge in [-0.05, 0) is 22.3 Å². The van der Waals surface area contributed by atoms with E-state index in [1.165, 1.54) is 22.3 Å². The maximum absolute atomic E-state index is 11.2. The van der Waals surface area contributed by atoms with Crippen LogP contribution in [-0.2, 0) is 9.30 Å². The minimum Gasteiger partial charge on any atom is -0.491 e. The molecule has 4 aromatic carbocycles. The molecule has 0 aromatic heterocycles. The summed E-state index contributed by atoms with van der Waals surface area (Å²) in [5.41, 5.74) is 6.98. The molecule has 39 heavy (non-hydrogen) atoms. The molecule has 0 heterocycles.